The van der Waals surface area contributed by atoms with Crippen LogP contribution in [-0.4, -0.2) is 26.0 Å². The van der Waals surface area contributed by atoms with Gasteiger partial charge in [0.25, 0.3) is 0 Å². The van der Waals surface area contributed by atoms with Crippen LogP contribution in [0.25, 0.3) is 0 Å². The van der Waals surface area contributed by atoms with Gasteiger partial charge in [0.2, 0.25) is 0 Å². The molecule has 0 saturated carbocycles. The predicted octanol–water partition coefficient (Wildman–Crippen LogP) is 3.50. The molecule has 1 rings (SSSR count). The molecule has 102 valence electrons. The SMILES string of the molecule is CCOC(CCNc1cccc(C)c1C)OCC. The Hall–Kier alpha value is -1.06. The first-order chi connectivity index (χ1) is 8.69. The summed E-state index contributed by atoms with van der Waals surface area (Å²) in [4.78, 5) is 0. The molecular formula is C15H25NO2. The summed E-state index contributed by atoms with van der Waals surface area (Å²) in [6.45, 7) is 10.5. The van der Waals surface area contributed by atoms with Crippen LogP contribution in [0.15, 0.2) is 18.2 Å². The van der Waals surface area contributed by atoms with Crippen molar-refractivity contribution < 1.29 is 9.47 Å². The summed E-state index contributed by atoms with van der Waals surface area (Å²) in [5.41, 5.74) is 3.81. The first kappa shape index (κ1) is 15.0. The molecule has 0 aliphatic rings. The number of hydrogen-bond acceptors (Lipinski definition) is 3. The van der Waals surface area contributed by atoms with Gasteiger partial charge in [0.15, 0.2) is 6.29 Å². The van der Waals surface area contributed by atoms with Gasteiger partial charge in [-0.25, -0.2) is 0 Å². The van der Waals surface area contributed by atoms with Crippen molar-refractivity contribution in [3.8, 4) is 0 Å². The number of aryl methyl sites for hydroxylation is 1. The highest BCUT2D eigenvalue weighted by Gasteiger charge is 2.07. The van der Waals surface area contributed by atoms with Crippen LogP contribution in [0.5, 0.6) is 0 Å². The molecule has 1 aromatic carbocycles. The summed E-state index contributed by atoms with van der Waals surface area (Å²) >= 11 is 0. The van der Waals surface area contributed by atoms with Crippen molar-refractivity contribution in [3.05, 3.63) is 29.3 Å². The second-order valence-corrected chi connectivity index (χ2v) is 4.30. The standard InChI is InChI=1S/C15H25NO2/c1-5-17-15(18-6-2)10-11-16-14-9-7-8-12(3)13(14)4/h7-9,15-16H,5-6,10-11H2,1-4H3. The maximum Gasteiger partial charge on any atom is 0.159 e. The second kappa shape index (κ2) is 8.11. The molecule has 0 atom stereocenters. The summed E-state index contributed by atoms with van der Waals surface area (Å²) in [7, 11) is 0. The van der Waals surface area contributed by atoms with Gasteiger partial charge in [-0.1, -0.05) is 12.1 Å². The van der Waals surface area contributed by atoms with Gasteiger partial charge >= 0.3 is 0 Å². The molecule has 0 aliphatic heterocycles. The second-order valence-electron chi connectivity index (χ2n) is 4.30. The Labute approximate surface area is 110 Å². The highest BCUT2D eigenvalue weighted by molar-refractivity contribution is 5.53. The third-order valence-corrected chi connectivity index (χ3v) is 3.01. The zero-order valence-corrected chi connectivity index (χ0v) is 12.0. The minimum atomic E-state index is -0.0994. The van der Waals surface area contributed by atoms with Crippen LogP contribution < -0.4 is 5.32 Å². The van der Waals surface area contributed by atoms with E-state index in [9.17, 15) is 0 Å². The average Bonchev–Trinajstić information content (AvgIpc) is 2.35. The van der Waals surface area contributed by atoms with Crippen molar-refractivity contribution in [3.63, 3.8) is 0 Å². The fourth-order valence-corrected chi connectivity index (χ4v) is 1.85. The normalized spacial score (nSPS) is 10.9. The molecule has 0 bridgehead atoms. The van der Waals surface area contributed by atoms with Gasteiger partial charge in [-0.05, 0) is 44.9 Å². The molecule has 0 amide bonds. The first-order valence-electron chi connectivity index (χ1n) is 6.72. The summed E-state index contributed by atoms with van der Waals surface area (Å²) in [6.07, 6.45) is 0.757. The molecule has 0 aliphatic carbocycles. The van der Waals surface area contributed by atoms with Crippen LogP contribution in [0.3, 0.4) is 0 Å². The largest absolute Gasteiger partial charge is 0.385 e. The molecule has 0 unspecified atom stereocenters. The Kier molecular flexibility index (Phi) is 6.76. The van der Waals surface area contributed by atoms with E-state index in [4.69, 9.17) is 9.47 Å². The van der Waals surface area contributed by atoms with E-state index in [0.29, 0.717) is 13.2 Å². The van der Waals surface area contributed by atoms with E-state index in [1.165, 1.54) is 16.8 Å². The Balaban J connectivity index is 2.42. The van der Waals surface area contributed by atoms with E-state index < -0.39 is 0 Å². The minimum Gasteiger partial charge on any atom is -0.385 e. The van der Waals surface area contributed by atoms with Crippen LogP contribution in [0, 0.1) is 13.8 Å². The Bertz CT molecular complexity index is 346. The lowest BCUT2D eigenvalue weighted by atomic mass is 10.1. The molecule has 0 saturated heterocycles. The van der Waals surface area contributed by atoms with Gasteiger partial charge in [-0.2, -0.15) is 0 Å². The molecule has 0 spiro atoms. The van der Waals surface area contributed by atoms with E-state index in [1.807, 2.05) is 13.8 Å². The number of rotatable bonds is 8. The van der Waals surface area contributed by atoms with Gasteiger partial charge in [0, 0.05) is 31.9 Å². The lowest BCUT2D eigenvalue weighted by molar-refractivity contribution is -0.137. The zero-order valence-electron chi connectivity index (χ0n) is 12.0. The smallest absolute Gasteiger partial charge is 0.159 e. The summed E-state index contributed by atoms with van der Waals surface area (Å²) < 4.78 is 11.0. The highest BCUT2D eigenvalue weighted by atomic mass is 16.7. The van der Waals surface area contributed by atoms with Crippen LogP contribution >= 0.6 is 0 Å². The summed E-state index contributed by atoms with van der Waals surface area (Å²) in [5, 5.41) is 3.44. The minimum absolute atomic E-state index is 0.0994. The topological polar surface area (TPSA) is 30.5 Å². The van der Waals surface area contributed by atoms with Crippen molar-refractivity contribution in [2.75, 3.05) is 25.1 Å². The monoisotopic (exact) mass is 251 g/mol. The third-order valence-electron chi connectivity index (χ3n) is 3.01. The number of hydrogen-bond donors (Lipinski definition) is 1. The van der Waals surface area contributed by atoms with Crippen LogP contribution in [-0.2, 0) is 9.47 Å². The Morgan fingerprint density at radius 3 is 2.39 bits per heavy atom. The number of nitrogens with one attached hydrogen (secondary N) is 1. The molecular weight excluding hydrogens is 226 g/mol. The van der Waals surface area contributed by atoms with E-state index in [1.54, 1.807) is 0 Å². The van der Waals surface area contributed by atoms with E-state index in [2.05, 4.69) is 37.4 Å². The maximum absolute atomic E-state index is 5.51. The van der Waals surface area contributed by atoms with E-state index in [-0.39, 0.29) is 6.29 Å². The van der Waals surface area contributed by atoms with Crippen molar-refractivity contribution in [2.24, 2.45) is 0 Å². The molecule has 1 N–H and O–H groups in total. The first-order valence-corrected chi connectivity index (χ1v) is 6.72. The molecule has 0 radical (unpaired) electrons. The Morgan fingerprint density at radius 1 is 1.11 bits per heavy atom. The van der Waals surface area contributed by atoms with Gasteiger partial charge < -0.3 is 14.8 Å². The summed E-state index contributed by atoms with van der Waals surface area (Å²) in [5.74, 6) is 0. The average molecular weight is 251 g/mol. The lowest BCUT2D eigenvalue weighted by Gasteiger charge is -2.18. The van der Waals surface area contributed by atoms with Gasteiger partial charge in [0.1, 0.15) is 0 Å². The third kappa shape index (κ3) is 4.67. The van der Waals surface area contributed by atoms with Gasteiger partial charge in [0.05, 0.1) is 0 Å². The quantitative estimate of drug-likeness (QED) is 0.717. The predicted molar refractivity (Wildman–Crippen MR) is 76.1 cm³/mol. The molecule has 3 heteroatoms. The van der Waals surface area contributed by atoms with Crippen LogP contribution in [0.1, 0.15) is 31.4 Å². The zero-order chi connectivity index (χ0) is 13.4. The van der Waals surface area contributed by atoms with Crippen LogP contribution in [0.4, 0.5) is 5.69 Å². The number of benzene rings is 1. The van der Waals surface area contributed by atoms with Crippen molar-refractivity contribution in [2.45, 2.75) is 40.4 Å². The van der Waals surface area contributed by atoms with E-state index >= 15 is 0 Å². The van der Waals surface area contributed by atoms with Gasteiger partial charge in [-0.15, -0.1) is 0 Å². The Morgan fingerprint density at radius 2 is 1.78 bits per heavy atom. The molecule has 0 fully saturated rings. The van der Waals surface area contributed by atoms with Crippen molar-refractivity contribution in [1.82, 2.24) is 0 Å². The fraction of sp³-hybridized carbons (Fsp3) is 0.600. The maximum atomic E-state index is 5.51. The summed E-state index contributed by atoms with van der Waals surface area (Å²) in [6, 6.07) is 6.32. The van der Waals surface area contributed by atoms with Crippen molar-refractivity contribution >= 4 is 5.69 Å². The highest BCUT2D eigenvalue weighted by Crippen LogP contribution is 2.18. The molecule has 0 heterocycles. The van der Waals surface area contributed by atoms with E-state index in [0.717, 1.165) is 13.0 Å². The van der Waals surface area contributed by atoms with Gasteiger partial charge in [-0.3, -0.25) is 0 Å². The number of ether oxygens (including phenoxy) is 2. The van der Waals surface area contributed by atoms with Crippen LogP contribution in [0.2, 0.25) is 0 Å². The molecule has 1 aromatic rings. The molecule has 3 nitrogen and oxygen atoms in total. The lowest BCUT2D eigenvalue weighted by Crippen LogP contribution is -2.21. The number of anilines is 1. The van der Waals surface area contributed by atoms with Crippen molar-refractivity contribution in [1.29, 1.82) is 0 Å². The molecule has 18 heavy (non-hydrogen) atoms. The molecule has 0 aromatic heterocycles. The fourth-order valence-electron chi connectivity index (χ4n) is 1.85.